The van der Waals surface area contributed by atoms with Crippen LogP contribution in [0.1, 0.15) is 22.6 Å². The van der Waals surface area contributed by atoms with E-state index in [4.69, 9.17) is 4.52 Å². The lowest BCUT2D eigenvalue weighted by Gasteiger charge is -2.02. The Labute approximate surface area is 120 Å². The van der Waals surface area contributed by atoms with Crippen molar-refractivity contribution in [3.05, 3.63) is 57.3 Å². The van der Waals surface area contributed by atoms with E-state index in [-0.39, 0.29) is 11.3 Å². The van der Waals surface area contributed by atoms with Gasteiger partial charge in [0.2, 0.25) is 0 Å². The third kappa shape index (κ3) is 2.35. The molecular weight excluding hydrogens is 268 g/mol. The minimum atomic E-state index is -0.278. The molecule has 0 aliphatic rings. The summed E-state index contributed by atoms with van der Waals surface area (Å²) in [5.41, 5.74) is 2.57. The molecule has 1 aromatic carbocycles. The fourth-order valence-corrected chi connectivity index (χ4v) is 2.04. The number of hydrogen-bond acceptors (Lipinski definition) is 5. The van der Waals surface area contributed by atoms with Gasteiger partial charge in [0.15, 0.2) is 0 Å². The van der Waals surface area contributed by atoms with Gasteiger partial charge in [0.1, 0.15) is 11.2 Å². The van der Waals surface area contributed by atoms with E-state index in [1.54, 1.807) is 20.1 Å². The van der Waals surface area contributed by atoms with E-state index in [0.29, 0.717) is 16.9 Å². The minimum Gasteiger partial charge on any atom is -0.335 e. The lowest BCUT2D eigenvalue weighted by molar-refractivity contribution is 0.441. The summed E-state index contributed by atoms with van der Waals surface area (Å²) in [5, 5.41) is 8.35. The van der Waals surface area contributed by atoms with Crippen LogP contribution in [0.5, 0.6) is 0 Å². The Morgan fingerprint density at radius 3 is 2.62 bits per heavy atom. The maximum Gasteiger partial charge on any atom is 0.287 e. The van der Waals surface area contributed by atoms with Crippen molar-refractivity contribution in [2.45, 2.75) is 20.8 Å². The van der Waals surface area contributed by atoms with Gasteiger partial charge in [-0.1, -0.05) is 35.0 Å². The van der Waals surface area contributed by atoms with Crippen LogP contribution in [0.2, 0.25) is 0 Å². The standard InChI is InChI=1S/C15H14N4O2/c1-9-4-6-12(7-5-9)8-16-19-11(3)17-14-13(15(19)20)10(2)18-21-14/h4-8H,1-3H3/b16-8+. The zero-order chi connectivity index (χ0) is 15.0. The molecule has 6 heteroatoms. The SMILES string of the molecule is Cc1ccc(/C=N/n2c(C)nc3onc(C)c3c2=O)cc1. The molecule has 0 saturated carbocycles. The summed E-state index contributed by atoms with van der Waals surface area (Å²) in [4.78, 5) is 16.6. The smallest absolute Gasteiger partial charge is 0.287 e. The number of fused-ring (bicyclic) bond motifs is 1. The van der Waals surface area contributed by atoms with Gasteiger partial charge >= 0.3 is 0 Å². The van der Waals surface area contributed by atoms with Crippen molar-refractivity contribution in [3.8, 4) is 0 Å². The average Bonchev–Trinajstić information content (AvgIpc) is 2.82. The first-order valence-electron chi connectivity index (χ1n) is 6.53. The van der Waals surface area contributed by atoms with Crippen molar-refractivity contribution in [1.82, 2.24) is 14.8 Å². The first-order chi connectivity index (χ1) is 10.1. The third-order valence-corrected chi connectivity index (χ3v) is 3.22. The molecule has 21 heavy (non-hydrogen) atoms. The molecule has 0 spiro atoms. The highest BCUT2D eigenvalue weighted by Gasteiger charge is 2.14. The predicted molar refractivity (Wildman–Crippen MR) is 79.7 cm³/mol. The monoisotopic (exact) mass is 282 g/mol. The van der Waals surface area contributed by atoms with Crippen LogP contribution in [0.3, 0.4) is 0 Å². The second-order valence-corrected chi connectivity index (χ2v) is 4.88. The molecule has 0 N–H and O–H groups in total. The van der Waals surface area contributed by atoms with Crippen LogP contribution in [0.15, 0.2) is 38.7 Å². The van der Waals surface area contributed by atoms with Crippen molar-refractivity contribution in [2.75, 3.05) is 0 Å². The summed E-state index contributed by atoms with van der Waals surface area (Å²) in [6, 6.07) is 7.86. The Morgan fingerprint density at radius 2 is 1.90 bits per heavy atom. The van der Waals surface area contributed by atoms with Crippen LogP contribution >= 0.6 is 0 Å². The highest BCUT2D eigenvalue weighted by atomic mass is 16.5. The van der Waals surface area contributed by atoms with E-state index < -0.39 is 0 Å². The van der Waals surface area contributed by atoms with E-state index in [1.807, 2.05) is 31.2 Å². The number of benzene rings is 1. The first-order valence-corrected chi connectivity index (χ1v) is 6.53. The van der Waals surface area contributed by atoms with Crippen molar-refractivity contribution < 1.29 is 4.52 Å². The van der Waals surface area contributed by atoms with Gasteiger partial charge in [-0.15, -0.1) is 0 Å². The second kappa shape index (κ2) is 4.97. The molecule has 0 fully saturated rings. The van der Waals surface area contributed by atoms with Crippen LogP contribution in [0.25, 0.3) is 11.1 Å². The summed E-state index contributed by atoms with van der Waals surface area (Å²) in [7, 11) is 0. The molecule has 3 rings (SSSR count). The highest BCUT2D eigenvalue weighted by Crippen LogP contribution is 2.11. The Morgan fingerprint density at radius 1 is 1.19 bits per heavy atom. The maximum atomic E-state index is 12.4. The number of nitrogens with zero attached hydrogens (tertiary/aromatic N) is 4. The first kappa shape index (κ1) is 13.2. The largest absolute Gasteiger partial charge is 0.335 e. The molecule has 0 aliphatic carbocycles. The lowest BCUT2D eigenvalue weighted by Crippen LogP contribution is -2.20. The van der Waals surface area contributed by atoms with Crippen molar-refractivity contribution in [2.24, 2.45) is 5.10 Å². The maximum absolute atomic E-state index is 12.4. The molecule has 0 atom stereocenters. The number of rotatable bonds is 2. The predicted octanol–water partition coefficient (Wildman–Crippen LogP) is 2.19. The van der Waals surface area contributed by atoms with Gasteiger partial charge in [-0.25, -0.2) is 0 Å². The Kier molecular flexibility index (Phi) is 3.13. The molecule has 2 aromatic heterocycles. The van der Waals surface area contributed by atoms with Crippen LogP contribution in [0, 0.1) is 20.8 Å². The van der Waals surface area contributed by atoms with E-state index in [9.17, 15) is 4.79 Å². The van der Waals surface area contributed by atoms with Crippen molar-refractivity contribution in [3.63, 3.8) is 0 Å². The van der Waals surface area contributed by atoms with E-state index in [0.717, 1.165) is 5.56 Å². The second-order valence-electron chi connectivity index (χ2n) is 4.88. The van der Waals surface area contributed by atoms with Gasteiger partial charge in [-0.2, -0.15) is 14.8 Å². The molecule has 0 amide bonds. The molecule has 0 aliphatic heterocycles. The molecule has 2 heterocycles. The molecule has 3 aromatic rings. The Balaban J connectivity index is 2.10. The van der Waals surface area contributed by atoms with Gasteiger partial charge in [0, 0.05) is 0 Å². The summed E-state index contributed by atoms with van der Waals surface area (Å²) in [6.07, 6.45) is 1.63. The minimum absolute atomic E-state index is 0.247. The van der Waals surface area contributed by atoms with Gasteiger partial charge in [0.05, 0.1) is 11.9 Å². The summed E-state index contributed by atoms with van der Waals surface area (Å²) in [5.74, 6) is 0.451. The van der Waals surface area contributed by atoms with Gasteiger partial charge in [-0.3, -0.25) is 4.79 Å². The molecule has 0 unspecified atom stereocenters. The molecule has 0 saturated heterocycles. The summed E-state index contributed by atoms with van der Waals surface area (Å²) >= 11 is 0. The number of aryl methyl sites for hydroxylation is 3. The highest BCUT2D eigenvalue weighted by molar-refractivity contribution is 5.80. The molecule has 106 valence electrons. The Bertz CT molecular complexity index is 888. The molecular formula is C15H14N4O2. The molecule has 0 bridgehead atoms. The van der Waals surface area contributed by atoms with Gasteiger partial charge in [-0.05, 0) is 26.3 Å². The fourth-order valence-electron chi connectivity index (χ4n) is 2.04. The zero-order valence-corrected chi connectivity index (χ0v) is 12.0. The zero-order valence-electron chi connectivity index (χ0n) is 12.0. The molecule has 6 nitrogen and oxygen atoms in total. The normalized spacial score (nSPS) is 11.6. The van der Waals surface area contributed by atoms with Gasteiger partial charge < -0.3 is 4.52 Å². The number of hydrogen-bond donors (Lipinski definition) is 0. The lowest BCUT2D eigenvalue weighted by atomic mass is 10.2. The van der Waals surface area contributed by atoms with Crippen LogP contribution in [-0.4, -0.2) is 21.0 Å². The quantitative estimate of drug-likeness (QED) is 0.675. The van der Waals surface area contributed by atoms with Crippen LogP contribution in [-0.2, 0) is 0 Å². The van der Waals surface area contributed by atoms with Crippen LogP contribution < -0.4 is 5.56 Å². The molecule has 0 radical (unpaired) electrons. The van der Waals surface area contributed by atoms with Gasteiger partial charge in [0.25, 0.3) is 11.3 Å². The third-order valence-electron chi connectivity index (χ3n) is 3.22. The van der Waals surface area contributed by atoms with E-state index in [2.05, 4.69) is 15.2 Å². The van der Waals surface area contributed by atoms with Crippen LogP contribution in [0.4, 0.5) is 0 Å². The van der Waals surface area contributed by atoms with E-state index >= 15 is 0 Å². The van der Waals surface area contributed by atoms with Crippen molar-refractivity contribution in [1.29, 1.82) is 0 Å². The number of aromatic nitrogens is 3. The summed E-state index contributed by atoms with van der Waals surface area (Å²) < 4.78 is 6.27. The average molecular weight is 282 g/mol. The topological polar surface area (TPSA) is 73.3 Å². The Hall–Kier alpha value is -2.76. The fraction of sp³-hybridized carbons (Fsp3) is 0.200. The van der Waals surface area contributed by atoms with E-state index in [1.165, 1.54) is 10.2 Å². The summed E-state index contributed by atoms with van der Waals surface area (Å²) in [6.45, 7) is 5.42. The van der Waals surface area contributed by atoms with Crippen molar-refractivity contribution >= 4 is 17.3 Å².